The summed E-state index contributed by atoms with van der Waals surface area (Å²) in [5.41, 5.74) is 0.794. The van der Waals surface area contributed by atoms with Gasteiger partial charge >= 0.3 is 0 Å². The van der Waals surface area contributed by atoms with Crippen molar-refractivity contribution in [2.45, 2.75) is 18.7 Å². The summed E-state index contributed by atoms with van der Waals surface area (Å²) in [5, 5.41) is -0.125. The lowest BCUT2D eigenvalue weighted by molar-refractivity contribution is 0.386. The molecule has 0 spiro atoms. The van der Waals surface area contributed by atoms with E-state index in [0.717, 1.165) is 12.0 Å². The smallest absolute Gasteiger partial charge is 0.165 e. The van der Waals surface area contributed by atoms with E-state index in [9.17, 15) is 4.39 Å². The van der Waals surface area contributed by atoms with E-state index in [1.54, 1.807) is 12.1 Å². The Bertz CT molecular complexity index is 288. The second-order valence-corrected chi connectivity index (χ2v) is 3.30. The molecule has 0 amide bonds. The minimum Gasteiger partial charge on any atom is -0.494 e. The van der Waals surface area contributed by atoms with Crippen molar-refractivity contribution in [3.05, 3.63) is 29.6 Å². The van der Waals surface area contributed by atoms with E-state index in [2.05, 4.69) is 0 Å². The number of alkyl halides is 1. The van der Waals surface area contributed by atoms with Gasteiger partial charge in [0.2, 0.25) is 0 Å². The van der Waals surface area contributed by atoms with Crippen molar-refractivity contribution in [2.75, 3.05) is 7.11 Å². The first kappa shape index (κ1) is 10.3. The maximum absolute atomic E-state index is 13.2. The fourth-order valence-corrected chi connectivity index (χ4v) is 1.25. The summed E-state index contributed by atoms with van der Waals surface area (Å²) >= 11 is 5.95. The Balaban J connectivity index is 2.95. The monoisotopic (exact) mass is 202 g/mol. The Morgan fingerprint density at radius 1 is 1.54 bits per heavy atom. The zero-order valence-electron chi connectivity index (χ0n) is 7.68. The molecule has 1 atom stereocenters. The normalized spacial score (nSPS) is 12.6. The Hall–Kier alpha value is -0.760. The second-order valence-electron chi connectivity index (χ2n) is 2.77. The third kappa shape index (κ3) is 2.34. The van der Waals surface area contributed by atoms with E-state index in [-0.39, 0.29) is 16.9 Å². The molecule has 13 heavy (non-hydrogen) atoms. The van der Waals surface area contributed by atoms with Gasteiger partial charge in [-0.05, 0) is 24.1 Å². The standard InChI is InChI=1S/C10H12ClFO/c1-3-8(11)7-4-5-10(13-2)9(12)6-7/h4-6,8H,3H2,1-2H3. The minimum absolute atomic E-state index is 0.125. The van der Waals surface area contributed by atoms with E-state index in [0.29, 0.717) is 0 Å². The highest BCUT2D eigenvalue weighted by atomic mass is 35.5. The molecule has 1 rings (SSSR count). The lowest BCUT2D eigenvalue weighted by atomic mass is 10.1. The molecule has 0 heterocycles. The van der Waals surface area contributed by atoms with Crippen LogP contribution >= 0.6 is 11.6 Å². The average molecular weight is 203 g/mol. The Morgan fingerprint density at radius 3 is 2.69 bits per heavy atom. The van der Waals surface area contributed by atoms with Crippen molar-refractivity contribution < 1.29 is 9.13 Å². The quantitative estimate of drug-likeness (QED) is 0.682. The summed E-state index contributed by atoms with van der Waals surface area (Å²) in [5.74, 6) is -0.109. The van der Waals surface area contributed by atoms with Gasteiger partial charge in [-0.2, -0.15) is 0 Å². The number of methoxy groups -OCH3 is 1. The maximum Gasteiger partial charge on any atom is 0.165 e. The molecule has 1 nitrogen and oxygen atoms in total. The van der Waals surface area contributed by atoms with Crippen molar-refractivity contribution in [1.29, 1.82) is 0 Å². The maximum atomic E-state index is 13.2. The van der Waals surface area contributed by atoms with Gasteiger partial charge in [-0.3, -0.25) is 0 Å². The van der Waals surface area contributed by atoms with Crippen molar-refractivity contribution in [3.63, 3.8) is 0 Å². The van der Waals surface area contributed by atoms with E-state index < -0.39 is 0 Å². The van der Waals surface area contributed by atoms with E-state index in [1.807, 2.05) is 6.92 Å². The number of halogens is 2. The summed E-state index contributed by atoms with van der Waals surface area (Å²) < 4.78 is 18.0. The zero-order valence-corrected chi connectivity index (χ0v) is 8.44. The third-order valence-electron chi connectivity index (χ3n) is 1.90. The first-order chi connectivity index (χ1) is 6.19. The average Bonchev–Trinajstić information content (AvgIpc) is 2.16. The molecule has 1 aromatic rings. The molecule has 0 N–H and O–H groups in total. The van der Waals surface area contributed by atoms with Crippen LogP contribution in [-0.4, -0.2) is 7.11 Å². The van der Waals surface area contributed by atoms with Gasteiger partial charge < -0.3 is 4.74 Å². The fraction of sp³-hybridized carbons (Fsp3) is 0.400. The Labute approximate surface area is 82.5 Å². The summed E-state index contributed by atoms with van der Waals surface area (Å²) in [6, 6.07) is 4.79. The number of benzene rings is 1. The highest BCUT2D eigenvalue weighted by molar-refractivity contribution is 6.20. The molecule has 0 aromatic heterocycles. The molecule has 0 fully saturated rings. The molecular weight excluding hydrogens is 191 g/mol. The van der Waals surface area contributed by atoms with Gasteiger partial charge in [0.15, 0.2) is 11.6 Å². The van der Waals surface area contributed by atoms with Gasteiger partial charge in [-0.15, -0.1) is 11.6 Å². The molecule has 0 saturated heterocycles. The van der Waals surface area contributed by atoms with Crippen molar-refractivity contribution in [2.24, 2.45) is 0 Å². The summed E-state index contributed by atoms with van der Waals surface area (Å²) in [4.78, 5) is 0. The number of ether oxygens (including phenoxy) is 1. The molecule has 0 radical (unpaired) electrons. The van der Waals surface area contributed by atoms with Crippen molar-refractivity contribution >= 4 is 11.6 Å². The van der Waals surface area contributed by atoms with Gasteiger partial charge in [0.25, 0.3) is 0 Å². The summed E-state index contributed by atoms with van der Waals surface area (Å²) in [7, 11) is 1.44. The topological polar surface area (TPSA) is 9.23 Å². The van der Waals surface area contributed by atoms with E-state index in [4.69, 9.17) is 16.3 Å². The predicted octanol–water partition coefficient (Wildman–Crippen LogP) is 3.52. The van der Waals surface area contributed by atoms with E-state index >= 15 is 0 Å². The number of rotatable bonds is 3. The van der Waals surface area contributed by atoms with Crippen LogP contribution in [0.25, 0.3) is 0 Å². The molecule has 0 saturated carbocycles. The number of hydrogen-bond donors (Lipinski definition) is 0. The largest absolute Gasteiger partial charge is 0.494 e. The van der Waals surface area contributed by atoms with Crippen LogP contribution in [0.2, 0.25) is 0 Å². The van der Waals surface area contributed by atoms with Crippen LogP contribution in [-0.2, 0) is 0 Å². The molecular formula is C10H12ClFO. The zero-order chi connectivity index (χ0) is 9.84. The molecule has 0 bridgehead atoms. The Kier molecular flexibility index (Phi) is 3.55. The van der Waals surface area contributed by atoms with Crippen molar-refractivity contribution in [3.8, 4) is 5.75 Å². The summed E-state index contributed by atoms with van der Waals surface area (Å²) in [6.45, 7) is 1.96. The summed E-state index contributed by atoms with van der Waals surface area (Å²) in [6.07, 6.45) is 0.785. The lowest BCUT2D eigenvalue weighted by Gasteiger charge is -2.08. The fourth-order valence-electron chi connectivity index (χ4n) is 1.11. The van der Waals surface area contributed by atoms with Gasteiger partial charge in [-0.25, -0.2) is 4.39 Å². The lowest BCUT2D eigenvalue weighted by Crippen LogP contribution is -1.92. The van der Waals surface area contributed by atoms with Gasteiger partial charge in [-0.1, -0.05) is 13.0 Å². The SMILES string of the molecule is CCC(Cl)c1ccc(OC)c(F)c1. The molecule has 72 valence electrons. The third-order valence-corrected chi connectivity index (χ3v) is 2.46. The Morgan fingerprint density at radius 2 is 2.23 bits per heavy atom. The van der Waals surface area contributed by atoms with Crippen LogP contribution in [0.5, 0.6) is 5.75 Å². The molecule has 0 aliphatic carbocycles. The van der Waals surface area contributed by atoms with Crippen LogP contribution in [0.15, 0.2) is 18.2 Å². The number of hydrogen-bond acceptors (Lipinski definition) is 1. The van der Waals surface area contributed by atoms with Gasteiger partial charge in [0.05, 0.1) is 12.5 Å². The van der Waals surface area contributed by atoms with Crippen LogP contribution in [0.1, 0.15) is 24.3 Å². The van der Waals surface area contributed by atoms with Gasteiger partial charge in [0.1, 0.15) is 0 Å². The molecule has 1 aromatic carbocycles. The first-order valence-corrected chi connectivity index (χ1v) is 4.60. The van der Waals surface area contributed by atoms with Crippen LogP contribution < -0.4 is 4.74 Å². The first-order valence-electron chi connectivity index (χ1n) is 4.16. The van der Waals surface area contributed by atoms with E-state index in [1.165, 1.54) is 13.2 Å². The van der Waals surface area contributed by atoms with Crippen LogP contribution in [0, 0.1) is 5.82 Å². The molecule has 1 unspecified atom stereocenters. The molecule has 3 heteroatoms. The van der Waals surface area contributed by atoms with Crippen LogP contribution in [0.3, 0.4) is 0 Å². The molecule has 0 aliphatic rings. The minimum atomic E-state index is -0.362. The highest BCUT2D eigenvalue weighted by Crippen LogP contribution is 2.27. The predicted molar refractivity (Wildman–Crippen MR) is 51.8 cm³/mol. The van der Waals surface area contributed by atoms with Crippen LogP contribution in [0.4, 0.5) is 4.39 Å². The highest BCUT2D eigenvalue weighted by Gasteiger charge is 2.08. The van der Waals surface area contributed by atoms with Crippen molar-refractivity contribution in [1.82, 2.24) is 0 Å². The molecule has 0 aliphatic heterocycles. The second kappa shape index (κ2) is 4.47. The van der Waals surface area contributed by atoms with Gasteiger partial charge in [0, 0.05) is 0 Å².